The molecule has 124 valence electrons. The van der Waals surface area contributed by atoms with Crippen molar-refractivity contribution in [2.45, 2.75) is 25.4 Å². The number of nitrogens with one attached hydrogen (secondary N) is 1. The first-order valence-electron chi connectivity index (χ1n) is 7.39. The molecule has 2 atom stereocenters. The SMILES string of the molecule is CN(CC(=O)O)c1ncc(CN[C@@H]2CC=CC[C@H]2C(N)=O)cn1. The molecule has 1 heterocycles. The molecule has 0 saturated heterocycles. The first kappa shape index (κ1) is 16.9. The number of likely N-dealkylation sites (N-methyl/N-ethyl adjacent to an activating group) is 1. The molecule has 0 saturated carbocycles. The van der Waals surface area contributed by atoms with Gasteiger partial charge in [-0.05, 0) is 12.8 Å². The maximum atomic E-state index is 11.5. The second-order valence-electron chi connectivity index (χ2n) is 5.58. The van der Waals surface area contributed by atoms with Crippen molar-refractivity contribution in [3.8, 4) is 0 Å². The van der Waals surface area contributed by atoms with Gasteiger partial charge in [0.05, 0.1) is 5.92 Å². The lowest BCUT2D eigenvalue weighted by atomic mass is 9.88. The lowest BCUT2D eigenvalue weighted by molar-refractivity contribution is -0.135. The number of carbonyl (C=O) groups is 2. The molecule has 1 aliphatic rings. The Morgan fingerprint density at radius 2 is 2.00 bits per heavy atom. The smallest absolute Gasteiger partial charge is 0.323 e. The Hall–Kier alpha value is -2.48. The fraction of sp³-hybridized carbons (Fsp3) is 0.467. The summed E-state index contributed by atoms with van der Waals surface area (Å²) in [5.74, 6) is -1.09. The molecule has 0 aromatic carbocycles. The summed E-state index contributed by atoms with van der Waals surface area (Å²) in [6.07, 6.45) is 8.72. The molecule has 1 amide bonds. The predicted octanol–water partition coefficient (Wildman–Crippen LogP) is -0.0929. The van der Waals surface area contributed by atoms with Crippen molar-refractivity contribution < 1.29 is 14.7 Å². The summed E-state index contributed by atoms with van der Waals surface area (Å²) < 4.78 is 0. The van der Waals surface area contributed by atoms with Crippen LogP contribution in [0.1, 0.15) is 18.4 Å². The van der Waals surface area contributed by atoms with E-state index in [4.69, 9.17) is 10.8 Å². The number of nitrogens with two attached hydrogens (primary N) is 1. The first-order chi connectivity index (χ1) is 11.0. The van der Waals surface area contributed by atoms with E-state index in [-0.39, 0.29) is 24.4 Å². The zero-order valence-electron chi connectivity index (χ0n) is 13.0. The molecule has 4 N–H and O–H groups in total. The van der Waals surface area contributed by atoms with Crippen molar-refractivity contribution in [3.63, 3.8) is 0 Å². The van der Waals surface area contributed by atoms with Gasteiger partial charge in [-0.1, -0.05) is 12.2 Å². The van der Waals surface area contributed by atoms with Crippen LogP contribution in [0.4, 0.5) is 5.95 Å². The molecule has 0 unspecified atom stereocenters. The number of allylic oxidation sites excluding steroid dienone is 1. The first-order valence-corrected chi connectivity index (χ1v) is 7.39. The second kappa shape index (κ2) is 7.68. The van der Waals surface area contributed by atoms with Crippen LogP contribution in [0.25, 0.3) is 0 Å². The average Bonchev–Trinajstić information content (AvgIpc) is 2.53. The van der Waals surface area contributed by atoms with Gasteiger partial charge in [0.25, 0.3) is 0 Å². The van der Waals surface area contributed by atoms with Gasteiger partial charge in [0.15, 0.2) is 0 Å². The third-order valence-corrected chi connectivity index (χ3v) is 3.77. The van der Waals surface area contributed by atoms with Gasteiger partial charge in [0.1, 0.15) is 6.54 Å². The molecule has 0 aliphatic heterocycles. The summed E-state index contributed by atoms with van der Waals surface area (Å²) >= 11 is 0. The number of nitrogens with zero attached hydrogens (tertiary/aromatic N) is 3. The molecule has 2 rings (SSSR count). The normalized spacial score (nSPS) is 20.2. The highest BCUT2D eigenvalue weighted by Crippen LogP contribution is 2.19. The monoisotopic (exact) mass is 319 g/mol. The molecule has 0 fully saturated rings. The Balaban J connectivity index is 1.92. The zero-order valence-corrected chi connectivity index (χ0v) is 13.0. The van der Waals surface area contributed by atoms with E-state index in [1.165, 1.54) is 4.90 Å². The lowest BCUT2D eigenvalue weighted by Crippen LogP contribution is -2.43. The molecule has 1 aromatic rings. The highest BCUT2D eigenvalue weighted by molar-refractivity contribution is 5.77. The van der Waals surface area contributed by atoms with Crippen LogP contribution in [0.15, 0.2) is 24.5 Å². The Kier molecular flexibility index (Phi) is 5.64. The predicted molar refractivity (Wildman–Crippen MR) is 84.6 cm³/mol. The fourth-order valence-corrected chi connectivity index (χ4v) is 2.51. The maximum absolute atomic E-state index is 11.5. The van der Waals surface area contributed by atoms with Crippen molar-refractivity contribution in [2.24, 2.45) is 11.7 Å². The third kappa shape index (κ3) is 4.75. The quantitative estimate of drug-likeness (QED) is 0.600. The average molecular weight is 319 g/mol. The molecule has 0 bridgehead atoms. The van der Waals surface area contributed by atoms with E-state index in [1.54, 1.807) is 19.4 Å². The summed E-state index contributed by atoms with van der Waals surface area (Å²) in [4.78, 5) is 31.9. The van der Waals surface area contributed by atoms with Gasteiger partial charge in [-0.3, -0.25) is 9.59 Å². The number of carbonyl (C=O) groups excluding carboxylic acids is 1. The Morgan fingerprint density at radius 1 is 1.35 bits per heavy atom. The lowest BCUT2D eigenvalue weighted by Gasteiger charge is -2.27. The summed E-state index contributed by atoms with van der Waals surface area (Å²) in [7, 11) is 1.62. The molecule has 8 heteroatoms. The van der Waals surface area contributed by atoms with E-state index in [9.17, 15) is 9.59 Å². The highest BCUT2D eigenvalue weighted by atomic mass is 16.4. The van der Waals surface area contributed by atoms with Crippen LogP contribution in [0.5, 0.6) is 0 Å². The molecule has 0 spiro atoms. The number of amides is 1. The number of aromatic nitrogens is 2. The van der Waals surface area contributed by atoms with Crippen molar-refractivity contribution in [2.75, 3.05) is 18.5 Å². The van der Waals surface area contributed by atoms with Gasteiger partial charge >= 0.3 is 5.97 Å². The van der Waals surface area contributed by atoms with Crippen molar-refractivity contribution >= 4 is 17.8 Å². The van der Waals surface area contributed by atoms with Crippen LogP contribution < -0.4 is 16.0 Å². The largest absolute Gasteiger partial charge is 0.480 e. The second-order valence-corrected chi connectivity index (χ2v) is 5.58. The van der Waals surface area contributed by atoms with Gasteiger partial charge < -0.3 is 21.1 Å². The molecule has 0 radical (unpaired) electrons. The van der Waals surface area contributed by atoms with Crippen molar-refractivity contribution in [1.82, 2.24) is 15.3 Å². The van der Waals surface area contributed by atoms with Gasteiger partial charge in [0, 0.05) is 37.6 Å². The van der Waals surface area contributed by atoms with Gasteiger partial charge in [-0.15, -0.1) is 0 Å². The maximum Gasteiger partial charge on any atom is 0.323 e. The van der Waals surface area contributed by atoms with E-state index in [0.29, 0.717) is 18.9 Å². The summed E-state index contributed by atoms with van der Waals surface area (Å²) in [6.45, 7) is 0.359. The third-order valence-electron chi connectivity index (χ3n) is 3.77. The van der Waals surface area contributed by atoms with E-state index in [1.807, 2.05) is 12.2 Å². The number of carboxylic acid groups (broad SMARTS) is 1. The zero-order chi connectivity index (χ0) is 16.8. The van der Waals surface area contributed by atoms with Gasteiger partial charge in [-0.25, -0.2) is 9.97 Å². The van der Waals surface area contributed by atoms with E-state index >= 15 is 0 Å². The molecular formula is C15H21N5O3. The molecule has 23 heavy (non-hydrogen) atoms. The van der Waals surface area contributed by atoms with Crippen LogP contribution in [-0.2, 0) is 16.1 Å². The summed E-state index contributed by atoms with van der Waals surface area (Å²) in [6, 6.07) is 0.00635. The number of rotatable bonds is 7. The van der Waals surface area contributed by atoms with E-state index in [2.05, 4.69) is 15.3 Å². The molecule has 1 aliphatic carbocycles. The number of aliphatic carboxylic acids is 1. The van der Waals surface area contributed by atoms with E-state index in [0.717, 1.165) is 12.0 Å². The number of carboxylic acids is 1. The molecule has 1 aromatic heterocycles. The fourth-order valence-electron chi connectivity index (χ4n) is 2.51. The minimum absolute atomic E-state index is 0.00635. The van der Waals surface area contributed by atoms with E-state index < -0.39 is 5.97 Å². The van der Waals surface area contributed by atoms with Crippen LogP contribution in [0.2, 0.25) is 0 Å². The molecular weight excluding hydrogens is 298 g/mol. The van der Waals surface area contributed by atoms with Crippen LogP contribution in [-0.4, -0.2) is 46.6 Å². The van der Waals surface area contributed by atoms with Gasteiger partial charge in [-0.2, -0.15) is 0 Å². The standard InChI is InChI=1S/C15H21N5O3/c1-20(9-13(21)22)15-18-7-10(8-19-15)6-17-12-5-3-2-4-11(12)14(16)23/h2-3,7-8,11-12,17H,4-6,9H2,1H3,(H2,16,23)(H,21,22)/t11-,12-/m1/s1. The van der Waals surface area contributed by atoms with Crippen molar-refractivity contribution in [1.29, 1.82) is 0 Å². The highest BCUT2D eigenvalue weighted by Gasteiger charge is 2.26. The minimum atomic E-state index is -0.940. The summed E-state index contributed by atoms with van der Waals surface area (Å²) in [5, 5.41) is 12.1. The Labute approximate surface area is 134 Å². The van der Waals surface area contributed by atoms with Gasteiger partial charge in [0.2, 0.25) is 11.9 Å². The number of hydrogen-bond donors (Lipinski definition) is 3. The Morgan fingerprint density at radius 3 is 2.61 bits per heavy atom. The topological polar surface area (TPSA) is 121 Å². The minimum Gasteiger partial charge on any atom is -0.480 e. The number of hydrogen-bond acceptors (Lipinski definition) is 6. The van der Waals surface area contributed by atoms with Crippen molar-refractivity contribution in [3.05, 3.63) is 30.1 Å². The molecule has 8 nitrogen and oxygen atoms in total. The number of primary amides is 1. The van der Waals surface area contributed by atoms with Crippen LogP contribution in [0.3, 0.4) is 0 Å². The Bertz CT molecular complexity index is 587. The number of anilines is 1. The summed E-state index contributed by atoms with van der Waals surface area (Å²) in [5.41, 5.74) is 6.29. The van der Waals surface area contributed by atoms with Crippen LogP contribution in [0, 0.1) is 5.92 Å². The van der Waals surface area contributed by atoms with Crippen LogP contribution >= 0.6 is 0 Å².